The number of rotatable bonds is 5. The highest BCUT2D eigenvalue weighted by molar-refractivity contribution is 9.10. The number of hydrogen-bond donors (Lipinski definition) is 1. The van der Waals surface area contributed by atoms with Crippen LogP contribution in [0.5, 0.6) is 0 Å². The van der Waals surface area contributed by atoms with Crippen molar-refractivity contribution in [3.05, 3.63) is 121 Å². The Hall–Kier alpha value is -3.99. The van der Waals surface area contributed by atoms with E-state index in [1.807, 2.05) is 85.8 Å². The normalized spacial score (nSPS) is 19.4. The highest BCUT2D eigenvalue weighted by Gasteiger charge is 2.56. The zero-order valence-electron chi connectivity index (χ0n) is 22.8. The van der Waals surface area contributed by atoms with Crippen LogP contribution < -0.4 is 15.1 Å². The second kappa shape index (κ2) is 10.9. The lowest BCUT2D eigenvalue weighted by Crippen LogP contribution is -2.33. The number of halogens is 1. The molecule has 0 aliphatic carbocycles. The summed E-state index contributed by atoms with van der Waals surface area (Å²) in [5, 5.41) is 4.79. The Morgan fingerprint density at radius 1 is 0.884 bits per heavy atom. The number of carbonyl (C=O) groups is 3. The van der Waals surface area contributed by atoms with Gasteiger partial charge in [-0.3, -0.25) is 23.7 Å². The summed E-state index contributed by atoms with van der Waals surface area (Å²) in [6.45, 7) is 1.74. The zero-order valence-corrected chi connectivity index (χ0v) is 26.0. The van der Waals surface area contributed by atoms with Crippen LogP contribution in [0.4, 0.5) is 11.4 Å². The minimum absolute atomic E-state index is 0.210. The number of hydrogen-bond acceptors (Lipinski definition) is 6. The summed E-state index contributed by atoms with van der Waals surface area (Å²) in [4.78, 5) is 56.2. The Bertz CT molecular complexity index is 1980. The number of nitrogens with one attached hydrogen (secondary N) is 1. The Morgan fingerprint density at radius 3 is 2.35 bits per heavy atom. The van der Waals surface area contributed by atoms with Crippen molar-refractivity contribution in [2.45, 2.75) is 29.7 Å². The number of nitrogens with zero attached hydrogens (tertiary/aromatic N) is 2. The molecule has 3 atom stereocenters. The third kappa shape index (κ3) is 4.93. The first-order valence-corrected chi connectivity index (χ1v) is 16.2. The number of thiazole rings is 1. The van der Waals surface area contributed by atoms with Gasteiger partial charge in [0.2, 0.25) is 17.7 Å². The van der Waals surface area contributed by atoms with Gasteiger partial charge in [0.25, 0.3) is 0 Å². The van der Waals surface area contributed by atoms with Crippen LogP contribution in [0.3, 0.4) is 0 Å². The third-order valence-corrected chi connectivity index (χ3v) is 11.0. The molecule has 214 valence electrons. The summed E-state index contributed by atoms with van der Waals surface area (Å²) in [5.41, 5.74) is 3.02. The summed E-state index contributed by atoms with van der Waals surface area (Å²) < 4.78 is 2.32. The molecule has 2 unspecified atom stereocenters. The average Bonchev–Trinajstić information content (AvgIpc) is 3.44. The molecule has 3 amide bonds. The van der Waals surface area contributed by atoms with Crippen molar-refractivity contribution in [2.75, 3.05) is 10.2 Å². The van der Waals surface area contributed by atoms with Crippen LogP contribution in [0, 0.1) is 12.8 Å². The van der Waals surface area contributed by atoms with Crippen LogP contribution in [0.1, 0.15) is 21.9 Å². The maximum atomic E-state index is 14.0. The van der Waals surface area contributed by atoms with E-state index in [-0.39, 0.29) is 29.1 Å². The molecule has 10 heteroatoms. The molecule has 1 fully saturated rings. The van der Waals surface area contributed by atoms with Crippen molar-refractivity contribution < 1.29 is 14.4 Å². The molecule has 1 aromatic heterocycles. The van der Waals surface area contributed by atoms with Crippen molar-refractivity contribution >= 4 is 78.9 Å². The average molecular weight is 671 g/mol. The van der Waals surface area contributed by atoms with E-state index in [0.29, 0.717) is 21.3 Å². The summed E-state index contributed by atoms with van der Waals surface area (Å²) in [6, 6.07) is 28.5. The third-order valence-electron chi connectivity index (χ3n) is 7.91. The second-order valence-corrected chi connectivity index (χ2v) is 13.7. The van der Waals surface area contributed by atoms with E-state index in [4.69, 9.17) is 0 Å². The number of amides is 3. The highest BCUT2D eigenvalue weighted by Crippen LogP contribution is 2.54. The topological polar surface area (TPSA) is 88.5 Å². The molecule has 7 nitrogen and oxygen atoms in total. The lowest BCUT2D eigenvalue weighted by Gasteiger charge is -2.30. The first kappa shape index (κ1) is 27.8. The van der Waals surface area contributed by atoms with Crippen LogP contribution in [0.25, 0.3) is 10.8 Å². The molecule has 0 bridgehead atoms. The van der Waals surface area contributed by atoms with Crippen LogP contribution in [-0.2, 0) is 20.9 Å². The summed E-state index contributed by atoms with van der Waals surface area (Å²) in [7, 11) is 0. The van der Waals surface area contributed by atoms with Crippen molar-refractivity contribution in [2.24, 2.45) is 5.92 Å². The molecule has 0 radical (unpaired) electrons. The Balaban J connectivity index is 1.26. The lowest BCUT2D eigenvalue weighted by molar-refractivity contribution is -0.122. The number of aryl methyl sites for hydroxylation is 1. The monoisotopic (exact) mass is 669 g/mol. The number of aromatic nitrogens is 1. The molecule has 4 aromatic carbocycles. The molecule has 7 rings (SSSR count). The zero-order chi connectivity index (χ0) is 29.8. The van der Waals surface area contributed by atoms with E-state index in [1.165, 1.54) is 21.2 Å². The van der Waals surface area contributed by atoms with Gasteiger partial charge in [0.15, 0.2) is 0 Å². The van der Waals surface area contributed by atoms with Crippen LogP contribution >= 0.6 is 39.0 Å². The molecule has 2 aliphatic heterocycles. The molecule has 5 aromatic rings. The first-order valence-electron chi connectivity index (χ1n) is 13.7. The van der Waals surface area contributed by atoms with E-state index in [2.05, 4.69) is 21.2 Å². The van der Waals surface area contributed by atoms with E-state index in [9.17, 15) is 19.2 Å². The van der Waals surface area contributed by atoms with Gasteiger partial charge in [-0.05, 0) is 59.7 Å². The molecule has 0 saturated carbocycles. The van der Waals surface area contributed by atoms with E-state index >= 15 is 0 Å². The Labute approximate surface area is 263 Å². The first-order chi connectivity index (χ1) is 20.8. The summed E-state index contributed by atoms with van der Waals surface area (Å²) >= 11 is 5.73. The fraction of sp³-hybridized carbons (Fsp3) is 0.152. The van der Waals surface area contributed by atoms with E-state index in [0.717, 1.165) is 37.7 Å². The Morgan fingerprint density at radius 2 is 1.60 bits per heavy atom. The van der Waals surface area contributed by atoms with Gasteiger partial charge in [-0.15, -0.1) is 0 Å². The molecule has 0 spiro atoms. The van der Waals surface area contributed by atoms with Crippen LogP contribution in [0.2, 0.25) is 0 Å². The fourth-order valence-corrected chi connectivity index (χ4v) is 8.88. The number of carbonyl (C=O) groups excluding carboxylic acids is 3. The molecule has 3 heterocycles. The molecule has 43 heavy (non-hydrogen) atoms. The minimum Gasteiger partial charge on any atom is -0.325 e. The number of anilines is 2. The molecule has 1 N–H and O–H groups in total. The smallest absolute Gasteiger partial charge is 0.308 e. The van der Waals surface area contributed by atoms with Gasteiger partial charge in [-0.25, -0.2) is 4.90 Å². The molecular weight excluding hydrogens is 646 g/mol. The summed E-state index contributed by atoms with van der Waals surface area (Å²) in [5.74, 6) is -2.15. The van der Waals surface area contributed by atoms with Gasteiger partial charge in [-0.2, -0.15) is 0 Å². The Kier molecular flexibility index (Phi) is 7.07. The van der Waals surface area contributed by atoms with Gasteiger partial charge >= 0.3 is 4.87 Å². The van der Waals surface area contributed by atoms with Crippen molar-refractivity contribution in [1.29, 1.82) is 0 Å². The fourth-order valence-electron chi connectivity index (χ4n) is 5.84. The molecule has 1 saturated heterocycles. The van der Waals surface area contributed by atoms with Gasteiger partial charge < -0.3 is 5.32 Å². The van der Waals surface area contributed by atoms with E-state index in [1.54, 1.807) is 12.1 Å². The lowest BCUT2D eigenvalue weighted by atomic mass is 9.83. The summed E-state index contributed by atoms with van der Waals surface area (Å²) in [6.07, 6.45) is 0. The van der Waals surface area contributed by atoms with Crippen LogP contribution in [0.15, 0.2) is 105 Å². The van der Waals surface area contributed by atoms with Gasteiger partial charge in [-0.1, -0.05) is 99.2 Å². The highest BCUT2D eigenvalue weighted by atomic mass is 79.9. The van der Waals surface area contributed by atoms with Crippen molar-refractivity contribution in [3.8, 4) is 0 Å². The molecular formula is C33H24BrN3O4S2. The standard InChI is InChI=1S/C33H24BrN3O4S2/c1-18-6-14-24(15-7-18)37-30(39)27-26(20-8-11-22(34)12-9-20)29-32(42-28(27)31(37)40)36(33(41)43-29)17-25(38)35-23-13-10-19-4-2-3-5-21(19)16-23/h2-16,26-28H,17H2,1H3,(H,35,38)/t26-,27?,28?/m1/s1. The maximum absolute atomic E-state index is 14.0. The number of benzene rings is 4. The van der Waals surface area contributed by atoms with Crippen molar-refractivity contribution in [1.82, 2.24) is 4.57 Å². The minimum atomic E-state index is -0.737. The van der Waals surface area contributed by atoms with Gasteiger partial charge in [0, 0.05) is 21.0 Å². The van der Waals surface area contributed by atoms with Gasteiger partial charge in [0.05, 0.1) is 16.6 Å². The predicted molar refractivity (Wildman–Crippen MR) is 174 cm³/mol. The SMILES string of the molecule is Cc1ccc(N2C(=O)C3Sc4c(sc(=O)n4CC(=O)Nc4ccc5ccccc5c4)[C@H](c4ccc(Br)cc4)C3C2=O)cc1. The number of imide groups is 1. The van der Waals surface area contributed by atoms with E-state index < -0.39 is 17.1 Å². The quantitative estimate of drug-likeness (QED) is 0.214. The second-order valence-electron chi connectivity index (χ2n) is 10.7. The number of fused-ring (bicyclic) bond motifs is 3. The number of thioether (sulfide) groups is 1. The van der Waals surface area contributed by atoms with Gasteiger partial charge in [0.1, 0.15) is 11.8 Å². The van der Waals surface area contributed by atoms with Crippen molar-refractivity contribution in [3.63, 3.8) is 0 Å². The van der Waals surface area contributed by atoms with Crippen LogP contribution in [-0.4, -0.2) is 27.5 Å². The molecule has 2 aliphatic rings. The largest absolute Gasteiger partial charge is 0.325 e. The predicted octanol–water partition coefficient (Wildman–Crippen LogP) is 6.57. The maximum Gasteiger partial charge on any atom is 0.308 e.